The fourth-order valence-corrected chi connectivity index (χ4v) is 3.10. The molecule has 0 fully saturated rings. The number of carbonyl (C=O) groups excluding carboxylic acids is 1. The zero-order valence-electron chi connectivity index (χ0n) is 15.7. The quantitative estimate of drug-likeness (QED) is 0.437. The molecule has 0 spiro atoms. The normalized spacial score (nSPS) is 14.6. The molecule has 0 amide bonds. The highest BCUT2D eigenvalue weighted by Gasteiger charge is 2.38. The van der Waals surface area contributed by atoms with Crippen LogP contribution < -0.4 is 9.47 Å². The average molecular weight is 430 g/mol. The van der Waals surface area contributed by atoms with Gasteiger partial charge in [-0.05, 0) is 42.3 Å². The van der Waals surface area contributed by atoms with E-state index in [9.17, 15) is 31.1 Å². The van der Waals surface area contributed by atoms with E-state index < -0.39 is 35.6 Å². The lowest BCUT2D eigenvalue weighted by molar-refractivity contribution is -0.143. The van der Waals surface area contributed by atoms with E-state index in [1.165, 1.54) is 12.1 Å². The van der Waals surface area contributed by atoms with Gasteiger partial charge in [-0.25, -0.2) is 0 Å². The number of allylic oxidation sites excluding steroid dienone is 1. The largest absolute Gasteiger partial charge is 0.492 e. The standard InChI is InChI=1S/C21H16F6O3/c1-12-13(10-28)6-7-29-19-9-16(4-5-17(12)19)30-11-14-2-3-15(20(22,23)24)8-18(14)21(25,26)27/h2-5,8-10H,6-7,11H2,1H3. The van der Waals surface area contributed by atoms with Crippen molar-refractivity contribution in [3.05, 3.63) is 64.2 Å². The third kappa shape index (κ3) is 4.60. The maximum absolute atomic E-state index is 13.2. The number of hydrogen-bond donors (Lipinski definition) is 0. The monoisotopic (exact) mass is 430 g/mol. The van der Waals surface area contributed by atoms with Gasteiger partial charge >= 0.3 is 12.4 Å². The Bertz CT molecular complexity index is 989. The van der Waals surface area contributed by atoms with Gasteiger partial charge in [-0.3, -0.25) is 4.79 Å². The molecule has 3 nitrogen and oxygen atoms in total. The molecule has 1 aliphatic rings. The second kappa shape index (κ2) is 8.04. The highest BCUT2D eigenvalue weighted by atomic mass is 19.4. The minimum absolute atomic E-state index is 0.0773. The second-order valence-electron chi connectivity index (χ2n) is 6.68. The Morgan fingerprint density at radius 3 is 2.40 bits per heavy atom. The first-order valence-corrected chi connectivity index (χ1v) is 8.83. The lowest BCUT2D eigenvalue weighted by atomic mass is 10.0. The van der Waals surface area contributed by atoms with Crippen LogP contribution in [0.25, 0.3) is 5.57 Å². The summed E-state index contributed by atoms with van der Waals surface area (Å²) in [6, 6.07) is 6.01. The first kappa shape index (κ1) is 21.7. The molecule has 0 N–H and O–H groups in total. The summed E-state index contributed by atoms with van der Waals surface area (Å²) in [6.07, 6.45) is -8.69. The third-order valence-electron chi connectivity index (χ3n) is 4.75. The number of carbonyl (C=O) groups is 1. The van der Waals surface area contributed by atoms with Gasteiger partial charge in [0, 0.05) is 23.6 Å². The van der Waals surface area contributed by atoms with Gasteiger partial charge in [0.2, 0.25) is 0 Å². The molecule has 0 saturated carbocycles. The zero-order chi connectivity index (χ0) is 22.1. The van der Waals surface area contributed by atoms with Gasteiger partial charge < -0.3 is 9.47 Å². The van der Waals surface area contributed by atoms with Crippen molar-refractivity contribution in [2.45, 2.75) is 32.3 Å². The molecule has 0 aliphatic carbocycles. The Kier molecular flexibility index (Phi) is 5.83. The van der Waals surface area contributed by atoms with Crippen LogP contribution in [0.4, 0.5) is 26.3 Å². The number of fused-ring (bicyclic) bond motifs is 1. The molecule has 2 aromatic carbocycles. The molecule has 0 bridgehead atoms. The number of ether oxygens (including phenoxy) is 2. The SMILES string of the molecule is CC1=C(C=O)CCOc2cc(OCc3ccc(C(F)(F)F)cc3C(F)(F)F)ccc21. The molecule has 9 heteroatoms. The van der Waals surface area contributed by atoms with E-state index >= 15 is 0 Å². The molecule has 1 heterocycles. The average Bonchev–Trinajstić information content (AvgIpc) is 2.83. The molecule has 0 atom stereocenters. The topological polar surface area (TPSA) is 35.5 Å². The first-order valence-electron chi connectivity index (χ1n) is 8.83. The van der Waals surface area contributed by atoms with Gasteiger partial charge in [0.25, 0.3) is 0 Å². The van der Waals surface area contributed by atoms with Gasteiger partial charge in [0.15, 0.2) is 0 Å². The van der Waals surface area contributed by atoms with Crippen LogP contribution in [-0.4, -0.2) is 12.9 Å². The first-order chi connectivity index (χ1) is 14.0. The Morgan fingerprint density at radius 2 is 1.77 bits per heavy atom. The summed E-state index contributed by atoms with van der Waals surface area (Å²) in [6.45, 7) is 1.43. The summed E-state index contributed by atoms with van der Waals surface area (Å²) in [4.78, 5) is 11.2. The van der Waals surface area contributed by atoms with Crippen molar-refractivity contribution in [2.24, 2.45) is 0 Å². The molecule has 0 unspecified atom stereocenters. The number of rotatable bonds is 4. The van der Waals surface area contributed by atoms with Crippen LogP contribution in [0.15, 0.2) is 42.0 Å². The van der Waals surface area contributed by atoms with Crippen LogP contribution in [0, 0.1) is 0 Å². The van der Waals surface area contributed by atoms with Crippen LogP contribution in [0.1, 0.15) is 35.6 Å². The summed E-state index contributed by atoms with van der Waals surface area (Å²) in [5.74, 6) is 0.592. The zero-order valence-corrected chi connectivity index (χ0v) is 15.7. The van der Waals surface area contributed by atoms with Crippen molar-refractivity contribution in [1.29, 1.82) is 0 Å². The number of hydrogen-bond acceptors (Lipinski definition) is 3. The van der Waals surface area contributed by atoms with E-state index in [4.69, 9.17) is 9.47 Å². The van der Waals surface area contributed by atoms with Gasteiger partial charge in [-0.15, -0.1) is 0 Å². The lowest BCUT2D eigenvalue weighted by Gasteiger charge is -2.17. The predicted octanol–water partition coefficient (Wildman–Crippen LogP) is 6.06. The van der Waals surface area contributed by atoms with Crippen LogP contribution in [0.5, 0.6) is 11.5 Å². The molecule has 0 radical (unpaired) electrons. The Labute approximate surface area is 167 Å². The van der Waals surface area contributed by atoms with Crippen LogP contribution in [0.2, 0.25) is 0 Å². The van der Waals surface area contributed by atoms with E-state index in [0.29, 0.717) is 29.4 Å². The predicted molar refractivity (Wildman–Crippen MR) is 96.0 cm³/mol. The van der Waals surface area contributed by atoms with Crippen LogP contribution in [0.3, 0.4) is 0 Å². The molecule has 2 aromatic rings. The van der Waals surface area contributed by atoms with Gasteiger partial charge in [0.1, 0.15) is 24.4 Å². The molecule has 3 rings (SSSR count). The molecule has 0 saturated heterocycles. The highest BCUT2D eigenvalue weighted by molar-refractivity contribution is 5.89. The summed E-state index contributed by atoms with van der Waals surface area (Å²) >= 11 is 0. The second-order valence-corrected chi connectivity index (χ2v) is 6.68. The van der Waals surface area contributed by atoms with E-state index in [2.05, 4.69) is 0 Å². The summed E-state index contributed by atoms with van der Waals surface area (Å²) < 4.78 is 89.1. The summed E-state index contributed by atoms with van der Waals surface area (Å²) in [5.41, 5.74) is -1.24. The lowest BCUT2D eigenvalue weighted by Crippen LogP contribution is -2.14. The maximum atomic E-state index is 13.2. The smallest absolute Gasteiger partial charge is 0.416 e. The molecule has 0 aromatic heterocycles. The number of alkyl halides is 6. The van der Waals surface area contributed by atoms with Gasteiger partial charge in [0.05, 0.1) is 17.7 Å². The fourth-order valence-electron chi connectivity index (χ4n) is 3.10. The minimum atomic E-state index is -4.97. The van der Waals surface area contributed by atoms with Crippen molar-refractivity contribution in [1.82, 2.24) is 0 Å². The molecule has 160 valence electrons. The molecule has 30 heavy (non-hydrogen) atoms. The molecular formula is C21H16F6O3. The van der Waals surface area contributed by atoms with E-state index in [0.717, 1.165) is 17.9 Å². The van der Waals surface area contributed by atoms with Crippen molar-refractivity contribution in [2.75, 3.05) is 6.61 Å². The van der Waals surface area contributed by atoms with Crippen molar-refractivity contribution >= 4 is 11.9 Å². The minimum Gasteiger partial charge on any atom is -0.492 e. The highest BCUT2D eigenvalue weighted by Crippen LogP contribution is 2.38. The van der Waals surface area contributed by atoms with E-state index in [1.807, 2.05) is 0 Å². The van der Waals surface area contributed by atoms with E-state index in [-0.39, 0.29) is 18.4 Å². The summed E-state index contributed by atoms with van der Waals surface area (Å²) in [5, 5.41) is 0. The molecular weight excluding hydrogens is 414 g/mol. The molecule has 1 aliphatic heterocycles. The van der Waals surface area contributed by atoms with Crippen molar-refractivity contribution < 1.29 is 40.6 Å². The third-order valence-corrected chi connectivity index (χ3v) is 4.75. The van der Waals surface area contributed by atoms with Gasteiger partial charge in [-0.1, -0.05) is 6.07 Å². The van der Waals surface area contributed by atoms with Crippen LogP contribution >= 0.6 is 0 Å². The van der Waals surface area contributed by atoms with Crippen molar-refractivity contribution in [3.8, 4) is 11.5 Å². The maximum Gasteiger partial charge on any atom is 0.416 e. The Balaban J connectivity index is 1.87. The summed E-state index contributed by atoms with van der Waals surface area (Å²) in [7, 11) is 0. The van der Waals surface area contributed by atoms with Crippen LogP contribution in [-0.2, 0) is 23.8 Å². The fraction of sp³-hybridized carbons (Fsp3) is 0.286. The number of benzene rings is 2. The Morgan fingerprint density at radius 1 is 1.03 bits per heavy atom. The number of aldehydes is 1. The number of halogens is 6. The van der Waals surface area contributed by atoms with Gasteiger partial charge in [-0.2, -0.15) is 26.3 Å². The van der Waals surface area contributed by atoms with Crippen molar-refractivity contribution in [3.63, 3.8) is 0 Å². The van der Waals surface area contributed by atoms with E-state index in [1.54, 1.807) is 13.0 Å². The Hall–Kier alpha value is -2.97.